The summed E-state index contributed by atoms with van der Waals surface area (Å²) < 4.78 is 5.41. The molecule has 0 aliphatic carbocycles. The molecule has 1 rings (SSSR count). The number of hydrogen-bond acceptors (Lipinski definition) is 2. The van der Waals surface area contributed by atoms with Crippen molar-refractivity contribution in [1.29, 1.82) is 0 Å². The Morgan fingerprint density at radius 2 is 2.00 bits per heavy atom. The minimum absolute atomic E-state index is 0.0799. The third kappa shape index (κ3) is 3.25. The Balaban J connectivity index is 3.13. The number of rotatable bonds is 4. The molecule has 0 aliphatic heterocycles. The van der Waals surface area contributed by atoms with Crippen LogP contribution in [0.25, 0.3) is 0 Å². The molecule has 0 spiro atoms. The van der Waals surface area contributed by atoms with Gasteiger partial charge in [0, 0.05) is 20.5 Å². The number of carbonyl (C=O) groups excluding carboxylic acids is 1. The van der Waals surface area contributed by atoms with Crippen molar-refractivity contribution >= 4 is 5.91 Å². The van der Waals surface area contributed by atoms with E-state index in [1.165, 1.54) is 11.1 Å². The van der Waals surface area contributed by atoms with Crippen molar-refractivity contribution in [2.75, 3.05) is 14.2 Å². The normalized spacial score (nSPS) is 10.6. The van der Waals surface area contributed by atoms with Gasteiger partial charge in [-0.25, -0.2) is 0 Å². The largest absolute Gasteiger partial charge is 0.496 e. The van der Waals surface area contributed by atoms with Gasteiger partial charge in [-0.05, 0) is 41.7 Å². The SMILES string of the molecule is COc1cc(C)c(CN(C)C(C)=O)cc1C(C)C. The van der Waals surface area contributed by atoms with Crippen molar-refractivity contribution < 1.29 is 9.53 Å². The number of aryl methyl sites for hydroxylation is 1. The van der Waals surface area contributed by atoms with Crippen LogP contribution in [0.2, 0.25) is 0 Å². The fourth-order valence-electron chi connectivity index (χ4n) is 1.91. The van der Waals surface area contributed by atoms with Crippen LogP contribution in [0.3, 0.4) is 0 Å². The highest BCUT2D eigenvalue weighted by atomic mass is 16.5. The Morgan fingerprint density at radius 1 is 1.39 bits per heavy atom. The average molecular weight is 249 g/mol. The lowest BCUT2D eigenvalue weighted by atomic mass is 9.96. The highest BCUT2D eigenvalue weighted by Gasteiger charge is 2.13. The van der Waals surface area contributed by atoms with E-state index in [4.69, 9.17) is 4.74 Å². The molecule has 0 bridgehead atoms. The molecule has 0 fully saturated rings. The van der Waals surface area contributed by atoms with Gasteiger partial charge in [0.05, 0.1) is 7.11 Å². The Kier molecular flexibility index (Phi) is 4.76. The zero-order valence-corrected chi connectivity index (χ0v) is 12.2. The van der Waals surface area contributed by atoms with E-state index in [0.29, 0.717) is 12.5 Å². The van der Waals surface area contributed by atoms with Gasteiger partial charge in [-0.15, -0.1) is 0 Å². The summed E-state index contributed by atoms with van der Waals surface area (Å²) >= 11 is 0. The number of hydrogen-bond donors (Lipinski definition) is 0. The summed E-state index contributed by atoms with van der Waals surface area (Å²) in [7, 11) is 3.52. The van der Waals surface area contributed by atoms with Crippen LogP contribution in [0, 0.1) is 6.92 Å². The topological polar surface area (TPSA) is 29.5 Å². The molecule has 0 N–H and O–H groups in total. The van der Waals surface area contributed by atoms with Crippen molar-refractivity contribution in [3.63, 3.8) is 0 Å². The molecule has 0 unspecified atom stereocenters. The van der Waals surface area contributed by atoms with E-state index < -0.39 is 0 Å². The van der Waals surface area contributed by atoms with Crippen LogP contribution in [0.15, 0.2) is 12.1 Å². The molecule has 0 heterocycles. The molecular weight excluding hydrogens is 226 g/mol. The first-order valence-electron chi connectivity index (χ1n) is 6.26. The smallest absolute Gasteiger partial charge is 0.219 e. The van der Waals surface area contributed by atoms with Crippen LogP contribution >= 0.6 is 0 Å². The Labute approximate surface area is 110 Å². The van der Waals surface area contributed by atoms with E-state index >= 15 is 0 Å². The van der Waals surface area contributed by atoms with E-state index in [0.717, 1.165) is 11.3 Å². The van der Waals surface area contributed by atoms with Crippen molar-refractivity contribution in [3.05, 3.63) is 28.8 Å². The van der Waals surface area contributed by atoms with Crippen molar-refractivity contribution in [2.45, 2.75) is 40.2 Å². The molecule has 3 heteroatoms. The monoisotopic (exact) mass is 249 g/mol. The number of methoxy groups -OCH3 is 1. The third-order valence-electron chi connectivity index (χ3n) is 3.26. The van der Waals surface area contributed by atoms with Gasteiger partial charge in [-0.1, -0.05) is 13.8 Å². The molecule has 0 atom stereocenters. The fraction of sp³-hybridized carbons (Fsp3) is 0.533. The first-order chi connectivity index (χ1) is 8.36. The zero-order valence-electron chi connectivity index (χ0n) is 12.2. The summed E-state index contributed by atoms with van der Waals surface area (Å²) in [5, 5.41) is 0. The van der Waals surface area contributed by atoms with E-state index in [1.54, 1.807) is 18.9 Å². The van der Waals surface area contributed by atoms with Crippen LogP contribution in [0.5, 0.6) is 5.75 Å². The zero-order chi connectivity index (χ0) is 13.9. The van der Waals surface area contributed by atoms with Crippen molar-refractivity contribution in [2.24, 2.45) is 0 Å². The fourth-order valence-corrected chi connectivity index (χ4v) is 1.91. The van der Waals surface area contributed by atoms with E-state index in [-0.39, 0.29) is 5.91 Å². The molecule has 1 aromatic carbocycles. The summed E-state index contributed by atoms with van der Waals surface area (Å²) in [6.07, 6.45) is 0. The van der Waals surface area contributed by atoms with Gasteiger partial charge in [0.2, 0.25) is 5.91 Å². The van der Waals surface area contributed by atoms with Gasteiger partial charge in [0.1, 0.15) is 5.75 Å². The van der Waals surface area contributed by atoms with Gasteiger partial charge in [-0.3, -0.25) is 4.79 Å². The predicted molar refractivity (Wildman–Crippen MR) is 74.0 cm³/mol. The van der Waals surface area contributed by atoms with Gasteiger partial charge in [-0.2, -0.15) is 0 Å². The van der Waals surface area contributed by atoms with Gasteiger partial charge in [0.25, 0.3) is 0 Å². The highest BCUT2D eigenvalue weighted by molar-refractivity contribution is 5.72. The second-order valence-corrected chi connectivity index (χ2v) is 5.05. The quantitative estimate of drug-likeness (QED) is 0.820. The van der Waals surface area contributed by atoms with Crippen LogP contribution in [-0.2, 0) is 11.3 Å². The van der Waals surface area contributed by atoms with E-state index in [9.17, 15) is 4.79 Å². The molecule has 0 saturated carbocycles. The summed E-state index contributed by atoms with van der Waals surface area (Å²) in [4.78, 5) is 13.0. The summed E-state index contributed by atoms with van der Waals surface area (Å²) in [6.45, 7) is 8.57. The lowest BCUT2D eigenvalue weighted by molar-refractivity contribution is -0.128. The standard InChI is InChI=1S/C15H23NO2/c1-10(2)14-8-13(9-16(5)12(4)17)11(3)7-15(14)18-6/h7-8,10H,9H2,1-6H3. The summed E-state index contributed by atoms with van der Waals surface area (Å²) in [5.74, 6) is 1.41. The van der Waals surface area contributed by atoms with Crippen molar-refractivity contribution in [3.8, 4) is 5.75 Å². The predicted octanol–water partition coefficient (Wildman–Crippen LogP) is 3.11. The molecule has 3 nitrogen and oxygen atoms in total. The van der Waals surface area contributed by atoms with E-state index in [1.807, 2.05) is 7.05 Å². The molecule has 1 amide bonds. The maximum atomic E-state index is 11.3. The van der Waals surface area contributed by atoms with Gasteiger partial charge < -0.3 is 9.64 Å². The number of nitrogens with zero attached hydrogens (tertiary/aromatic N) is 1. The first-order valence-corrected chi connectivity index (χ1v) is 6.26. The van der Waals surface area contributed by atoms with Crippen LogP contribution < -0.4 is 4.74 Å². The third-order valence-corrected chi connectivity index (χ3v) is 3.26. The minimum Gasteiger partial charge on any atom is -0.496 e. The molecule has 0 aliphatic rings. The lowest BCUT2D eigenvalue weighted by Crippen LogP contribution is -2.23. The molecule has 18 heavy (non-hydrogen) atoms. The van der Waals surface area contributed by atoms with Crippen LogP contribution in [0.1, 0.15) is 43.4 Å². The number of benzene rings is 1. The number of carbonyl (C=O) groups is 1. The molecule has 100 valence electrons. The Morgan fingerprint density at radius 3 is 2.44 bits per heavy atom. The van der Waals surface area contributed by atoms with Crippen LogP contribution in [-0.4, -0.2) is 25.0 Å². The molecule has 1 aromatic rings. The van der Waals surface area contributed by atoms with Gasteiger partial charge >= 0.3 is 0 Å². The van der Waals surface area contributed by atoms with Gasteiger partial charge in [0.15, 0.2) is 0 Å². The second kappa shape index (κ2) is 5.89. The first kappa shape index (κ1) is 14.6. The second-order valence-electron chi connectivity index (χ2n) is 5.05. The molecule has 0 saturated heterocycles. The minimum atomic E-state index is 0.0799. The molecular formula is C15H23NO2. The molecule has 0 radical (unpaired) electrons. The maximum Gasteiger partial charge on any atom is 0.219 e. The summed E-state index contributed by atoms with van der Waals surface area (Å²) in [6, 6.07) is 4.21. The Hall–Kier alpha value is -1.51. The number of ether oxygens (including phenoxy) is 1. The van der Waals surface area contributed by atoms with Crippen LogP contribution in [0.4, 0.5) is 0 Å². The highest BCUT2D eigenvalue weighted by Crippen LogP contribution is 2.30. The number of amides is 1. The van der Waals surface area contributed by atoms with Crippen molar-refractivity contribution in [1.82, 2.24) is 4.90 Å². The van der Waals surface area contributed by atoms with E-state index in [2.05, 4.69) is 32.9 Å². The summed E-state index contributed by atoms with van der Waals surface area (Å²) in [5.41, 5.74) is 3.52. The lowest BCUT2D eigenvalue weighted by Gasteiger charge is -2.20. The maximum absolute atomic E-state index is 11.3. The molecule has 0 aromatic heterocycles. The average Bonchev–Trinajstić information content (AvgIpc) is 2.30. The Bertz CT molecular complexity index is 438.